The average molecular weight is 721 g/mol. The lowest BCUT2D eigenvalue weighted by Crippen LogP contribution is -2.51. The second kappa shape index (κ2) is 16.0. The van der Waals surface area contributed by atoms with Crippen LogP contribution in [0.1, 0.15) is 152 Å². The van der Waals surface area contributed by atoms with Gasteiger partial charge in [-0.15, -0.1) is 0 Å². The van der Waals surface area contributed by atoms with Crippen molar-refractivity contribution in [2.45, 2.75) is 164 Å². The molecule has 3 saturated carbocycles. The van der Waals surface area contributed by atoms with Crippen molar-refractivity contribution < 1.29 is 19.1 Å². The third-order valence-electron chi connectivity index (χ3n) is 14.1. The minimum atomic E-state index is -0.566. The number of ether oxygens (including phenoxy) is 2. The van der Waals surface area contributed by atoms with Gasteiger partial charge in [0.2, 0.25) is 5.91 Å². The highest BCUT2D eigenvalue weighted by Crippen LogP contribution is 2.67. The van der Waals surface area contributed by atoms with Gasteiger partial charge in [0.1, 0.15) is 6.10 Å². The molecule has 4 aliphatic carbocycles. The van der Waals surface area contributed by atoms with E-state index in [1.54, 1.807) is 5.57 Å². The molecule has 1 amide bonds. The second-order valence-corrected chi connectivity index (χ2v) is 18.6. The van der Waals surface area contributed by atoms with Crippen LogP contribution in [0.2, 0.25) is 0 Å². The van der Waals surface area contributed by atoms with Gasteiger partial charge in [-0.3, -0.25) is 9.59 Å². The summed E-state index contributed by atoms with van der Waals surface area (Å²) >= 11 is 3.19. The molecule has 1 N–H and O–H groups in total. The number of hydrogen-bond donors (Lipinski definition) is 1. The van der Waals surface area contributed by atoms with Crippen molar-refractivity contribution >= 4 is 27.8 Å². The maximum Gasteiger partial charge on any atom is 0.312 e. The van der Waals surface area contributed by atoms with Gasteiger partial charge >= 0.3 is 5.97 Å². The first-order valence-electron chi connectivity index (χ1n) is 19.5. The highest BCUT2D eigenvalue weighted by molar-refractivity contribution is 9.09. The zero-order valence-corrected chi connectivity index (χ0v) is 33.2. The number of amides is 1. The summed E-state index contributed by atoms with van der Waals surface area (Å²) in [5, 5.41) is 3.20. The van der Waals surface area contributed by atoms with Gasteiger partial charge in [-0.2, -0.15) is 0 Å². The molecule has 5 nitrogen and oxygen atoms in total. The lowest BCUT2D eigenvalue weighted by Gasteiger charge is -2.58. The fourth-order valence-corrected chi connectivity index (χ4v) is 10.9. The molecule has 0 aromatic rings. The Morgan fingerprint density at radius 3 is 2.47 bits per heavy atom. The maximum atomic E-state index is 13.8. The molecule has 47 heavy (non-hydrogen) atoms. The number of hydrogen-bond acceptors (Lipinski definition) is 4. The lowest BCUT2D eigenvalue weighted by atomic mass is 9.47. The van der Waals surface area contributed by atoms with Crippen LogP contribution in [-0.2, 0) is 19.1 Å². The number of esters is 1. The van der Waals surface area contributed by atoms with E-state index in [0.29, 0.717) is 36.2 Å². The van der Waals surface area contributed by atoms with E-state index in [1.807, 2.05) is 13.8 Å². The SMILES string of the molecule is CCC(C)(CCOC(C)(C)CCNC(=O)CBr)C(=O)OC1CCC2=CCC3C(CCC4(C)C(C(C)CCCC(C)C)CCC34)C2(C)C1. The van der Waals surface area contributed by atoms with Gasteiger partial charge in [0.05, 0.1) is 16.3 Å². The van der Waals surface area contributed by atoms with Crippen molar-refractivity contribution in [2.24, 2.45) is 51.8 Å². The molecule has 3 fully saturated rings. The molecule has 9 atom stereocenters. The highest BCUT2D eigenvalue weighted by Gasteiger charge is 2.59. The Bertz CT molecular complexity index is 1100. The maximum absolute atomic E-state index is 13.8. The Labute approximate surface area is 297 Å². The first-order valence-corrected chi connectivity index (χ1v) is 20.6. The summed E-state index contributed by atoms with van der Waals surface area (Å²) in [6.07, 6.45) is 18.7. The van der Waals surface area contributed by atoms with Crippen molar-refractivity contribution in [1.29, 1.82) is 0 Å². The van der Waals surface area contributed by atoms with E-state index in [9.17, 15) is 9.59 Å². The largest absolute Gasteiger partial charge is 0.462 e. The van der Waals surface area contributed by atoms with Crippen molar-refractivity contribution in [3.63, 3.8) is 0 Å². The summed E-state index contributed by atoms with van der Waals surface area (Å²) in [6.45, 7) is 21.8. The Morgan fingerprint density at radius 1 is 1.04 bits per heavy atom. The van der Waals surface area contributed by atoms with Crippen LogP contribution in [0, 0.1) is 51.8 Å². The molecular weight excluding hydrogens is 650 g/mol. The van der Waals surface area contributed by atoms with Gasteiger partial charge in [0, 0.05) is 13.2 Å². The fourth-order valence-electron chi connectivity index (χ4n) is 10.7. The summed E-state index contributed by atoms with van der Waals surface area (Å²) in [6, 6.07) is 0. The Morgan fingerprint density at radius 2 is 1.79 bits per heavy atom. The van der Waals surface area contributed by atoms with E-state index in [0.717, 1.165) is 61.7 Å². The smallest absolute Gasteiger partial charge is 0.312 e. The van der Waals surface area contributed by atoms with Crippen LogP contribution in [0.15, 0.2) is 11.6 Å². The molecule has 0 aromatic heterocycles. The topological polar surface area (TPSA) is 64.6 Å². The number of allylic oxidation sites excluding steroid dienone is 2. The van der Waals surface area contributed by atoms with Gasteiger partial charge < -0.3 is 14.8 Å². The average Bonchev–Trinajstić information content (AvgIpc) is 3.37. The van der Waals surface area contributed by atoms with Crippen LogP contribution in [0.5, 0.6) is 0 Å². The molecule has 0 bridgehead atoms. The molecule has 0 heterocycles. The predicted octanol–water partition coefficient (Wildman–Crippen LogP) is 10.4. The van der Waals surface area contributed by atoms with Crippen molar-refractivity contribution in [2.75, 3.05) is 18.5 Å². The zero-order valence-electron chi connectivity index (χ0n) is 31.7. The van der Waals surface area contributed by atoms with E-state index in [-0.39, 0.29) is 29.0 Å². The number of carbonyl (C=O) groups is 2. The molecule has 0 spiro atoms. The molecule has 0 saturated heterocycles. The number of rotatable bonds is 16. The third-order valence-corrected chi connectivity index (χ3v) is 14.6. The van der Waals surface area contributed by atoms with E-state index in [1.165, 1.54) is 51.4 Å². The zero-order chi connectivity index (χ0) is 34.6. The standard InChI is InChI=1S/C41H70BrNO4/c1-10-39(7,23-25-46-38(5,6)22-24-43-36(44)27-42)37(45)47-31-16-14-30-15-17-32-34-19-18-33(29(4)13-11-12-28(2)3)40(34,8)21-20-35(32)41(30,9)26-31/h15,28-29,31-35H,10-14,16-27H2,1-9H3,(H,43,44). The molecule has 4 rings (SSSR count). The van der Waals surface area contributed by atoms with E-state index in [2.05, 4.69) is 75.8 Å². The summed E-state index contributed by atoms with van der Waals surface area (Å²) < 4.78 is 12.7. The van der Waals surface area contributed by atoms with Crippen LogP contribution >= 0.6 is 15.9 Å². The number of carbonyl (C=O) groups excluding carboxylic acids is 2. The van der Waals surface area contributed by atoms with E-state index in [4.69, 9.17) is 9.47 Å². The molecular formula is C41H70BrNO4. The van der Waals surface area contributed by atoms with Crippen LogP contribution < -0.4 is 5.32 Å². The van der Waals surface area contributed by atoms with Crippen molar-refractivity contribution in [3.8, 4) is 0 Å². The van der Waals surface area contributed by atoms with Gasteiger partial charge in [-0.05, 0) is 138 Å². The molecule has 9 unspecified atom stereocenters. The quantitative estimate of drug-likeness (QED) is 0.0980. The second-order valence-electron chi connectivity index (χ2n) is 18.1. The van der Waals surface area contributed by atoms with Gasteiger partial charge in [-0.1, -0.05) is 88.4 Å². The van der Waals surface area contributed by atoms with Crippen LogP contribution in [0.25, 0.3) is 0 Å². The first kappa shape index (κ1) is 38.9. The molecule has 0 radical (unpaired) electrons. The molecule has 0 aliphatic heterocycles. The van der Waals surface area contributed by atoms with Crippen LogP contribution in [-0.4, -0.2) is 42.1 Å². The van der Waals surface area contributed by atoms with Crippen LogP contribution in [0.4, 0.5) is 0 Å². The van der Waals surface area contributed by atoms with E-state index >= 15 is 0 Å². The monoisotopic (exact) mass is 719 g/mol. The number of halogens is 1. The molecule has 6 heteroatoms. The normalized spacial score (nSPS) is 34.0. The highest BCUT2D eigenvalue weighted by atomic mass is 79.9. The van der Waals surface area contributed by atoms with Gasteiger partial charge in [0.15, 0.2) is 0 Å². The Hall–Kier alpha value is -0.880. The summed E-state index contributed by atoms with van der Waals surface area (Å²) in [5.74, 6) is 4.77. The van der Waals surface area contributed by atoms with Crippen molar-refractivity contribution in [3.05, 3.63) is 11.6 Å². The molecule has 270 valence electrons. The Kier molecular flexibility index (Phi) is 13.2. The summed E-state index contributed by atoms with van der Waals surface area (Å²) in [4.78, 5) is 25.4. The lowest BCUT2D eigenvalue weighted by molar-refractivity contribution is -0.167. The van der Waals surface area contributed by atoms with Crippen molar-refractivity contribution in [1.82, 2.24) is 5.32 Å². The Balaban J connectivity index is 1.34. The van der Waals surface area contributed by atoms with E-state index < -0.39 is 5.41 Å². The fraction of sp³-hybridized carbons (Fsp3) is 0.902. The molecule has 0 aromatic carbocycles. The van der Waals surface area contributed by atoms with Gasteiger partial charge in [-0.25, -0.2) is 0 Å². The van der Waals surface area contributed by atoms with Crippen LogP contribution in [0.3, 0.4) is 0 Å². The summed E-state index contributed by atoms with van der Waals surface area (Å²) in [5.41, 5.74) is 1.35. The first-order chi connectivity index (χ1) is 22.1. The minimum Gasteiger partial charge on any atom is -0.462 e. The summed E-state index contributed by atoms with van der Waals surface area (Å²) in [7, 11) is 0. The third kappa shape index (κ3) is 8.89. The van der Waals surface area contributed by atoms with Gasteiger partial charge in [0.25, 0.3) is 0 Å². The predicted molar refractivity (Wildman–Crippen MR) is 197 cm³/mol. The minimum absolute atomic E-state index is 0.00436. The number of alkyl halides is 1. The number of nitrogens with one attached hydrogen (secondary N) is 1. The number of fused-ring (bicyclic) bond motifs is 5. The molecule has 4 aliphatic rings.